The summed E-state index contributed by atoms with van der Waals surface area (Å²) in [5.41, 5.74) is 4.75. The van der Waals surface area contributed by atoms with Gasteiger partial charge in [0.25, 0.3) is 6.43 Å². The smallest absolute Gasteiger partial charge is 0.257 e. The second kappa shape index (κ2) is 5.17. The summed E-state index contributed by atoms with van der Waals surface area (Å²) in [4.78, 5) is 0. The predicted octanol–water partition coefficient (Wildman–Crippen LogP) is 2.65. The maximum atomic E-state index is 12.5. The van der Waals surface area contributed by atoms with Crippen molar-refractivity contribution in [2.24, 2.45) is 5.73 Å². The van der Waals surface area contributed by atoms with Gasteiger partial charge in [-0.2, -0.15) is 0 Å². The summed E-state index contributed by atoms with van der Waals surface area (Å²) in [6.45, 7) is 0. The third-order valence-electron chi connectivity index (χ3n) is 1.54. The summed E-state index contributed by atoms with van der Waals surface area (Å²) >= 11 is 0. The van der Waals surface area contributed by atoms with Crippen LogP contribution < -0.4 is 5.73 Å². The average molecular weight is 230 g/mol. The summed E-state index contributed by atoms with van der Waals surface area (Å²) in [5.74, 6) is -1.82. The highest BCUT2D eigenvalue weighted by Gasteiger charge is 2.18. The Morgan fingerprint density at radius 3 is 1.79 bits per heavy atom. The highest BCUT2D eigenvalue weighted by atomic mass is 35.5. The zero-order valence-electron chi connectivity index (χ0n) is 6.88. The number of halogens is 5. The molecule has 1 nitrogen and oxygen atoms in total. The zero-order chi connectivity index (χ0) is 10.0. The van der Waals surface area contributed by atoms with Crippen molar-refractivity contribution in [1.29, 1.82) is 0 Å². The molecular formula is C8H8ClF4N. The van der Waals surface area contributed by atoms with Crippen LogP contribution in [0.15, 0.2) is 18.2 Å². The van der Waals surface area contributed by atoms with E-state index in [0.29, 0.717) is 6.07 Å². The van der Waals surface area contributed by atoms with Crippen molar-refractivity contribution in [3.8, 4) is 0 Å². The number of alkyl halides is 2. The van der Waals surface area contributed by atoms with Crippen molar-refractivity contribution in [3.05, 3.63) is 35.4 Å². The molecule has 0 aromatic heterocycles. The van der Waals surface area contributed by atoms with Crippen LogP contribution in [0.2, 0.25) is 0 Å². The van der Waals surface area contributed by atoms with Crippen LogP contribution in [-0.4, -0.2) is 6.43 Å². The largest absolute Gasteiger partial charge is 0.319 e. The maximum absolute atomic E-state index is 12.5. The van der Waals surface area contributed by atoms with Gasteiger partial charge in [0.15, 0.2) is 0 Å². The van der Waals surface area contributed by atoms with Gasteiger partial charge in [0, 0.05) is 6.07 Å². The number of benzene rings is 1. The molecule has 0 aliphatic rings. The first-order valence-electron chi connectivity index (χ1n) is 3.50. The Morgan fingerprint density at radius 2 is 1.43 bits per heavy atom. The van der Waals surface area contributed by atoms with E-state index in [0.717, 1.165) is 12.1 Å². The van der Waals surface area contributed by atoms with E-state index >= 15 is 0 Å². The minimum atomic E-state index is -2.83. The molecule has 0 saturated heterocycles. The molecule has 1 rings (SSSR count). The fourth-order valence-corrected chi connectivity index (χ4v) is 0.913. The van der Waals surface area contributed by atoms with Crippen LogP contribution in [0.5, 0.6) is 0 Å². The molecule has 1 aromatic rings. The summed E-state index contributed by atoms with van der Waals surface area (Å²) in [5, 5.41) is 0. The lowest BCUT2D eigenvalue weighted by Gasteiger charge is -2.10. The lowest BCUT2D eigenvalue weighted by Crippen LogP contribution is -2.19. The van der Waals surface area contributed by atoms with Crippen LogP contribution in [0.3, 0.4) is 0 Å². The molecule has 80 valence electrons. The predicted molar refractivity (Wildman–Crippen MR) is 46.5 cm³/mol. The van der Waals surface area contributed by atoms with Gasteiger partial charge < -0.3 is 5.73 Å². The molecule has 1 aromatic carbocycles. The summed E-state index contributed by atoms with van der Waals surface area (Å²) < 4.78 is 49.0. The quantitative estimate of drug-likeness (QED) is 0.776. The van der Waals surface area contributed by atoms with Crippen molar-refractivity contribution >= 4 is 12.4 Å². The summed E-state index contributed by atoms with van der Waals surface area (Å²) in [7, 11) is 0. The molecule has 1 atom stereocenters. The van der Waals surface area contributed by atoms with E-state index in [1.807, 2.05) is 0 Å². The van der Waals surface area contributed by atoms with E-state index in [4.69, 9.17) is 5.73 Å². The van der Waals surface area contributed by atoms with Crippen LogP contribution in [0, 0.1) is 11.6 Å². The van der Waals surface area contributed by atoms with Crippen LogP contribution >= 0.6 is 12.4 Å². The molecule has 6 heteroatoms. The second-order valence-corrected chi connectivity index (χ2v) is 2.56. The van der Waals surface area contributed by atoms with Gasteiger partial charge in [-0.05, 0) is 17.7 Å². The van der Waals surface area contributed by atoms with E-state index in [9.17, 15) is 17.6 Å². The molecule has 0 spiro atoms. The molecule has 14 heavy (non-hydrogen) atoms. The number of hydrogen-bond donors (Lipinski definition) is 1. The van der Waals surface area contributed by atoms with E-state index in [2.05, 4.69) is 0 Å². The molecule has 0 amide bonds. The van der Waals surface area contributed by atoms with Gasteiger partial charge in [0.1, 0.15) is 11.6 Å². The lowest BCUT2D eigenvalue weighted by atomic mass is 10.1. The number of rotatable bonds is 2. The van der Waals surface area contributed by atoms with E-state index in [-0.39, 0.29) is 18.0 Å². The van der Waals surface area contributed by atoms with Crippen LogP contribution in [-0.2, 0) is 0 Å². The SMILES string of the molecule is Cl.N[C@@H](c1cc(F)cc(F)c1)C(F)F. The molecule has 0 heterocycles. The zero-order valence-corrected chi connectivity index (χ0v) is 7.70. The van der Waals surface area contributed by atoms with E-state index in [1.54, 1.807) is 0 Å². The van der Waals surface area contributed by atoms with Crippen molar-refractivity contribution in [1.82, 2.24) is 0 Å². The van der Waals surface area contributed by atoms with Crippen LogP contribution in [0.25, 0.3) is 0 Å². The Bertz CT molecular complexity index is 285. The number of nitrogens with two attached hydrogens (primary N) is 1. The fourth-order valence-electron chi connectivity index (χ4n) is 0.913. The summed E-state index contributed by atoms with van der Waals surface area (Å²) in [6, 6.07) is 0.534. The Balaban J connectivity index is 0.00000169. The summed E-state index contributed by atoms with van der Waals surface area (Å²) in [6.07, 6.45) is -2.83. The highest BCUT2D eigenvalue weighted by molar-refractivity contribution is 5.85. The third-order valence-corrected chi connectivity index (χ3v) is 1.54. The minimum absolute atomic E-state index is 0. The van der Waals surface area contributed by atoms with E-state index in [1.165, 1.54) is 0 Å². The topological polar surface area (TPSA) is 26.0 Å². The monoisotopic (exact) mass is 229 g/mol. The van der Waals surface area contributed by atoms with E-state index < -0.39 is 24.1 Å². The molecule has 0 aliphatic heterocycles. The van der Waals surface area contributed by atoms with Gasteiger partial charge >= 0.3 is 0 Å². The van der Waals surface area contributed by atoms with Crippen molar-refractivity contribution in [3.63, 3.8) is 0 Å². The normalized spacial score (nSPS) is 12.4. The molecule has 0 bridgehead atoms. The van der Waals surface area contributed by atoms with Gasteiger partial charge in [0.05, 0.1) is 6.04 Å². The number of hydrogen-bond acceptors (Lipinski definition) is 1. The Kier molecular flexibility index (Phi) is 4.87. The Morgan fingerprint density at radius 1 is 1.00 bits per heavy atom. The first-order chi connectivity index (χ1) is 6.00. The third kappa shape index (κ3) is 3.16. The standard InChI is InChI=1S/C8H7F4N.ClH/c9-5-1-4(2-6(10)3-5)7(13)8(11)12;/h1-3,7-8H,13H2;1H/t7-;/m0./s1. The molecule has 0 saturated carbocycles. The second-order valence-electron chi connectivity index (χ2n) is 2.56. The molecule has 0 aliphatic carbocycles. The van der Waals surface area contributed by atoms with Crippen molar-refractivity contribution in [2.75, 3.05) is 0 Å². The van der Waals surface area contributed by atoms with Gasteiger partial charge in [-0.3, -0.25) is 0 Å². The molecule has 2 N–H and O–H groups in total. The van der Waals surface area contributed by atoms with Crippen molar-refractivity contribution < 1.29 is 17.6 Å². The maximum Gasteiger partial charge on any atom is 0.257 e. The highest BCUT2D eigenvalue weighted by Crippen LogP contribution is 2.19. The molecule has 0 radical (unpaired) electrons. The fraction of sp³-hybridized carbons (Fsp3) is 0.250. The van der Waals surface area contributed by atoms with Gasteiger partial charge in [-0.1, -0.05) is 0 Å². The minimum Gasteiger partial charge on any atom is -0.319 e. The first-order valence-corrected chi connectivity index (χ1v) is 3.50. The molecular weight excluding hydrogens is 222 g/mol. The van der Waals surface area contributed by atoms with Gasteiger partial charge in [0.2, 0.25) is 0 Å². The average Bonchev–Trinajstić information content (AvgIpc) is 2.01. The Labute approximate surface area is 84.3 Å². The lowest BCUT2D eigenvalue weighted by molar-refractivity contribution is 0.116. The van der Waals surface area contributed by atoms with Crippen molar-refractivity contribution in [2.45, 2.75) is 12.5 Å². The molecule has 0 fully saturated rings. The molecule has 0 unspecified atom stereocenters. The van der Waals surface area contributed by atoms with Crippen LogP contribution in [0.4, 0.5) is 17.6 Å². The van der Waals surface area contributed by atoms with Gasteiger partial charge in [-0.25, -0.2) is 17.6 Å². The Hall–Kier alpha value is -0.810. The van der Waals surface area contributed by atoms with Crippen LogP contribution in [0.1, 0.15) is 11.6 Å². The first kappa shape index (κ1) is 13.2. The van der Waals surface area contributed by atoms with Gasteiger partial charge in [-0.15, -0.1) is 12.4 Å².